The summed E-state index contributed by atoms with van der Waals surface area (Å²) in [6.07, 6.45) is -4.32. The normalized spacial score (nSPS) is 11.4. The molecule has 0 aromatic heterocycles. The number of aryl methyl sites for hydroxylation is 1. The summed E-state index contributed by atoms with van der Waals surface area (Å²) >= 11 is 0. The van der Waals surface area contributed by atoms with Gasteiger partial charge in [0.25, 0.3) is 0 Å². The largest absolute Gasteiger partial charge is 0.478 e. The van der Waals surface area contributed by atoms with Crippen LogP contribution in [0.15, 0.2) is 18.2 Å². The zero-order chi connectivity index (χ0) is 14.5. The Morgan fingerprint density at radius 1 is 1.42 bits per heavy atom. The molecule has 0 bridgehead atoms. The number of carbonyl (C=O) groups is 1. The molecule has 0 heterocycles. The van der Waals surface area contributed by atoms with Crippen LogP contribution in [0.3, 0.4) is 0 Å². The van der Waals surface area contributed by atoms with E-state index in [0.29, 0.717) is 11.3 Å². The molecule has 0 aliphatic rings. The first-order valence-electron chi connectivity index (χ1n) is 5.52. The second-order valence-corrected chi connectivity index (χ2v) is 3.93. The second kappa shape index (κ2) is 6.42. The molecule has 106 valence electrons. The van der Waals surface area contributed by atoms with Gasteiger partial charge in [0.05, 0.1) is 12.2 Å². The maximum Gasteiger partial charge on any atom is 0.411 e. The van der Waals surface area contributed by atoms with Crippen LogP contribution in [0.25, 0.3) is 0 Å². The maximum absolute atomic E-state index is 11.8. The summed E-state index contributed by atoms with van der Waals surface area (Å²) in [5.74, 6) is -1.02. The summed E-state index contributed by atoms with van der Waals surface area (Å²) in [5.41, 5.74) is 1.41. The Hall–Kier alpha value is -1.76. The van der Waals surface area contributed by atoms with E-state index in [4.69, 9.17) is 5.11 Å². The molecule has 0 saturated carbocycles. The molecule has 1 rings (SSSR count). The van der Waals surface area contributed by atoms with Crippen LogP contribution in [0.2, 0.25) is 0 Å². The predicted molar refractivity (Wildman–Crippen MR) is 63.5 cm³/mol. The third-order valence-electron chi connectivity index (χ3n) is 2.30. The Labute approximate surface area is 108 Å². The smallest absolute Gasteiger partial charge is 0.411 e. The van der Waals surface area contributed by atoms with E-state index in [1.807, 2.05) is 0 Å². The molecule has 0 saturated heterocycles. The van der Waals surface area contributed by atoms with Crippen molar-refractivity contribution in [1.82, 2.24) is 0 Å². The topological polar surface area (TPSA) is 58.6 Å². The van der Waals surface area contributed by atoms with Crippen LogP contribution in [0, 0.1) is 6.92 Å². The van der Waals surface area contributed by atoms with Gasteiger partial charge < -0.3 is 15.2 Å². The van der Waals surface area contributed by atoms with Gasteiger partial charge in [0.1, 0.15) is 6.61 Å². The number of alkyl halides is 3. The van der Waals surface area contributed by atoms with Gasteiger partial charge >= 0.3 is 12.1 Å². The molecule has 19 heavy (non-hydrogen) atoms. The van der Waals surface area contributed by atoms with Crippen LogP contribution in [0.1, 0.15) is 15.9 Å². The highest BCUT2D eigenvalue weighted by Gasteiger charge is 2.27. The Morgan fingerprint density at radius 3 is 2.63 bits per heavy atom. The number of carboxylic acids is 1. The molecular weight excluding hydrogens is 263 g/mol. The van der Waals surface area contributed by atoms with Crippen LogP contribution < -0.4 is 5.32 Å². The van der Waals surface area contributed by atoms with Crippen molar-refractivity contribution in [2.75, 3.05) is 25.1 Å². The highest BCUT2D eigenvalue weighted by Crippen LogP contribution is 2.16. The fourth-order valence-corrected chi connectivity index (χ4v) is 1.47. The van der Waals surface area contributed by atoms with E-state index in [-0.39, 0.29) is 18.7 Å². The molecule has 0 aliphatic heterocycles. The number of carboxylic acid groups (broad SMARTS) is 1. The van der Waals surface area contributed by atoms with Gasteiger partial charge in [0, 0.05) is 12.2 Å². The molecule has 0 fully saturated rings. The number of anilines is 1. The van der Waals surface area contributed by atoms with Gasteiger partial charge in [-0.1, -0.05) is 0 Å². The highest BCUT2D eigenvalue weighted by molar-refractivity contribution is 5.89. The summed E-state index contributed by atoms with van der Waals surface area (Å²) < 4.78 is 39.8. The number of hydrogen-bond acceptors (Lipinski definition) is 3. The van der Waals surface area contributed by atoms with Gasteiger partial charge in [-0.15, -0.1) is 0 Å². The third kappa shape index (κ3) is 5.60. The Balaban J connectivity index is 2.38. The SMILES string of the molecule is Cc1cc(NCCOCC(F)(F)F)ccc1C(=O)O. The van der Waals surface area contributed by atoms with Gasteiger partial charge in [0.2, 0.25) is 0 Å². The quantitative estimate of drug-likeness (QED) is 0.785. The Bertz CT molecular complexity index is 446. The fraction of sp³-hybridized carbons (Fsp3) is 0.417. The number of nitrogens with one attached hydrogen (secondary N) is 1. The van der Waals surface area contributed by atoms with Gasteiger partial charge in [-0.25, -0.2) is 4.79 Å². The number of aromatic carboxylic acids is 1. The minimum absolute atomic E-state index is 0.0841. The monoisotopic (exact) mass is 277 g/mol. The average molecular weight is 277 g/mol. The van der Waals surface area contributed by atoms with Gasteiger partial charge in [-0.05, 0) is 30.7 Å². The van der Waals surface area contributed by atoms with E-state index in [1.165, 1.54) is 6.07 Å². The zero-order valence-electron chi connectivity index (χ0n) is 10.3. The lowest BCUT2D eigenvalue weighted by Crippen LogP contribution is -2.20. The van der Waals surface area contributed by atoms with Crippen molar-refractivity contribution >= 4 is 11.7 Å². The first-order valence-corrected chi connectivity index (χ1v) is 5.52. The van der Waals surface area contributed by atoms with Crippen molar-refractivity contribution in [3.63, 3.8) is 0 Å². The summed E-state index contributed by atoms with van der Waals surface area (Å²) in [6.45, 7) is 0.502. The summed E-state index contributed by atoms with van der Waals surface area (Å²) in [5, 5.41) is 11.7. The van der Waals surface area contributed by atoms with E-state index in [9.17, 15) is 18.0 Å². The first-order chi connectivity index (χ1) is 8.79. The van der Waals surface area contributed by atoms with Crippen LogP contribution in [-0.2, 0) is 4.74 Å². The third-order valence-corrected chi connectivity index (χ3v) is 2.30. The minimum Gasteiger partial charge on any atom is -0.478 e. The lowest BCUT2D eigenvalue weighted by molar-refractivity contribution is -0.172. The number of halogens is 3. The molecule has 0 spiro atoms. The van der Waals surface area contributed by atoms with E-state index >= 15 is 0 Å². The van der Waals surface area contributed by atoms with Crippen LogP contribution in [0.4, 0.5) is 18.9 Å². The van der Waals surface area contributed by atoms with Crippen molar-refractivity contribution in [3.8, 4) is 0 Å². The van der Waals surface area contributed by atoms with Crippen molar-refractivity contribution in [2.24, 2.45) is 0 Å². The molecule has 4 nitrogen and oxygen atoms in total. The van der Waals surface area contributed by atoms with Crippen LogP contribution >= 0.6 is 0 Å². The lowest BCUT2D eigenvalue weighted by Gasteiger charge is -2.10. The van der Waals surface area contributed by atoms with Crippen molar-refractivity contribution < 1.29 is 27.8 Å². The lowest BCUT2D eigenvalue weighted by atomic mass is 10.1. The number of ether oxygens (including phenoxy) is 1. The van der Waals surface area contributed by atoms with Crippen molar-refractivity contribution in [2.45, 2.75) is 13.1 Å². The zero-order valence-corrected chi connectivity index (χ0v) is 10.3. The Kier molecular flexibility index (Phi) is 5.17. The second-order valence-electron chi connectivity index (χ2n) is 3.93. The van der Waals surface area contributed by atoms with E-state index < -0.39 is 18.8 Å². The molecule has 0 unspecified atom stereocenters. The molecule has 1 aromatic rings. The van der Waals surface area contributed by atoms with E-state index in [0.717, 1.165) is 0 Å². The van der Waals surface area contributed by atoms with Crippen LogP contribution in [-0.4, -0.2) is 37.0 Å². The average Bonchev–Trinajstić information content (AvgIpc) is 2.26. The summed E-state index contributed by atoms with van der Waals surface area (Å²) in [6, 6.07) is 4.62. The van der Waals surface area contributed by atoms with E-state index in [2.05, 4.69) is 10.1 Å². The molecule has 0 aliphatic carbocycles. The highest BCUT2D eigenvalue weighted by atomic mass is 19.4. The van der Waals surface area contributed by atoms with Crippen molar-refractivity contribution in [1.29, 1.82) is 0 Å². The number of benzene rings is 1. The molecule has 1 aromatic carbocycles. The van der Waals surface area contributed by atoms with Crippen molar-refractivity contribution in [3.05, 3.63) is 29.3 Å². The Morgan fingerprint density at radius 2 is 2.11 bits per heavy atom. The maximum atomic E-state index is 11.8. The molecule has 7 heteroatoms. The first kappa shape index (κ1) is 15.3. The minimum atomic E-state index is -4.32. The van der Waals surface area contributed by atoms with Gasteiger partial charge in [0.15, 0.2) is 0 Å². The summed E-state index contributed by atoms with van der Waals surface area (Å²) in [7, 11) is 0. The summed E-state index contributed by atoms with van der Waals surface area (Å²) in [4.78, 5) is 10.8. The number of hydrogen-bond donors (Lipinski definition) is 2. The molecule has 0 radical (unpaired) electrons. The molecule has 0 atom stereocenters. The fourth-order valence-electron chi connectivity index (χ4n) is 1.47. The van der Waals surface area contributed by atoms with Gasteiger partial charge in [-0.2, -0.15) is 13.2 Å². The predicted octanol–water partition coefficient (Wildman–Crippen LogP) is 2.68. The van der Waals surface area contributed by atoms with Gasteiger partial charge in [-0.3, -0.25) is 0 Å². The molecule has 0 amide bonds. The molecular formula is C12H14F3NO3. The van der Waals surface area contributed by atoms with Crippen LogP contribution in [0.5, 0.6) is 0 Å². The standard InChI is InChI=1S/C12H14F3NO3/c1-8-6-9(2-3-10(8)11(17)18)16-4-5-19-7-12(13,14)15/h2-3,6,16H,4-5,7H2,1H3,(H,17,18). The van der Waals surface area contributed by atoms with E-state index in [1.54, 1.807) is 19.1 Å². The number of rotatable bonds is 6. The molecule has 2 N–H and O–H groups in total.